The smallest absolute Gasteiger partial charge is 0.223 e. The molecule has 2 unspecified atom stereocenters. The Labute approximate surface area is 153 Å². The molecule has 1 saturated carbocycles. The SMILES string of the molecule is CC1(CNC(=O)C2CC2c2cccc(Cl)c2Cl)CCNCC1.Cl. The Bertz CT molecular complexity index is 573. The van der Waals surface area contributed by atoms with E-state index in [0.29, 0.717) is 10.0 Å². The number of rotatable bonds is 4. The molecule has 23 heavy (non-hydrogen) atoms. The minimum absolute atomic E-state index is 0. The number of nitrogens with one attached hydrogen (secondary N) is 2. The molecule has 1 amide bonds. The zero-order valence-electron chi connectivity index (χ0n) is 13.2. The van der Waals surface area contributed by atoms with Crippen molar-refractivity contribution in [3.63, 3.8) is 0 Å². The van der Waals surface area contributed by atoms with Gasteiger partial charge in [-0.2, -0.15) is 0 Å². The molecule has 2 fully saturated rings. The van der Waals surface area contributed by atoms with Gasteiger partial charge < -0.3 is 10.6 Å². The van der Waals surface area contributed by atoms with Gasteiger partial charge in [-0.3, -0.25) is 4.79 Å². The van der Waals surface area contributed by atoms with Crippen molar-refractivity contribution in [3.05, 3.63) is 33.8 Å². The predicted molar refractivity (Wildman–Crippen MR) is 97.8 cm³/mol. The number of hydrogen-bond donors (Lipinski definition) is 2. The highest BCUT2D eigenvalue weighted by atomic mass is 35.5. The molecule has 2 atom stereocenters. The first-order chi connectivity index (χ1) is 10.5. The first kappa shape index (κ1) is 18.9. The van der Waals surface area contributed by atoms with Crippen molar-refractivity contribution in [2.75, 3.05) is 19.6 Å². The van der Waals surface area contributed by atoms with E-state index in [2.05, 4.69) is 17.6 Å². The summed E-state index contributed by atoms with van der Waals surface area (Å²) in [6.07, 6.45) is 3.09. The van der Waals surface area contributed by atoms with Crippen molar-refractivity contribution < 1.29 is 4.79 Å². The Morgan fingerprint density at radius 2 is 2.04 bits per heavy atom. The van der Waals surface area contributed by atoms with Crippen LogP contribution >= 0.6 is 35.6 Å². The second-order valence-electron chi connectivity index (χ2n) is 6.87. The largest absolute Gasteiger partial charge is 0.355 e. The number of halogens is 3. The summed E-state index contributed by atoms with van der Waals surface area (Å²) in [5, 5.41) is 7.66. The molecule has 1 aromatic rings. The Morgan fingerprint density at radius 1 is 1.35 bits per heavy atom. The predicted octanol–water partition coefficient (Wildman–Crippen LogP) is 4.02. The standard InChI is InChI=1S/C17H22Cl2N2O.ClH/c1-17(5-7-20-8-6-17)10-21-16(22)13-9-12(13)11-3-2-4-14(18)15(11)19;/h2-4,12-13,20H,5-10H2,1H3,(H,21,22);1H. The van der Waals surface area contributed by atoms with Crippen LogP contribution in [0.2, 0.25) is 10.0 Å². The third kappa shape index (κ3) is 4.33. The van der Waals surface area contributed by atoms with Gasteiger partial charge in [0, 0.05) is 12.5 Å². The van der Waals surface area contributed by atoms with Gasteiger partial charge in [-0.25, -0.2) is 0 Å². The molecule has 1 aromatic carbocycles. The van der Waals surface area contributed by atoms with Crippen molar-refractivity contribution in [1.82, 2.24) is 10.6 Å². The van der Waals surface area contributed by atoms with Crippen LogP contribution in [-0.2, 0) is 4.79 Å². The van der Waals surface area contributed by atoms with Crippen molar-refractivity contribution in [2.45, 2.75) is 32.1 Å². The fourth-order valence-electron chi connectivity index (χ4n) is 3.27. The van der Waals surface area contributed by atoms with E-state index in [9.17, 15) is 4.79 Å². The number of amides is 1. The van der Waals surface area contributed by atoms with Gasteiger partial charge in [0.1, 0.15) is 0 Å². The molecular weight excluding hydrogens is 355 g/mol. The maximum absolute atomic E-state index is 12.4. The van der Waals surface area contributed by atoms with E-state index in [4.69, 9.17) is 23.2 Å². The molecule has 6 heteroatoms. The van der Waals surface area contributed by atoms with Crippen molar-refractivity contribution in [1.29, 1.82) is 0 Å². The lowest BCUT2D eigenvalue weighted by Crippen LogP contribution is -2.43. The molecule has 1 heterocycles. The minimum atomic E-state index is 0. The average Bonchev–Trinajstić information content (AvgIpc) is 3.29. The van der Waals surface area contributed by atoms with E-state index >= 15 is 0 Å². The molecule has 0 aromatic heterocycles. The Hall–Kier alpha value is -0.480. The number of carbonyl (C=O) groups excluding carboxylic acids is 1. The van der Waals surface area contributed by atoms with Gasteiger partial charge in [-0.1, -0.05) is 42.3 Å². The molecule has 1 aliphatic carbocycles. The van der Waals surface area contributed by atoms with E-state index in [1.165, 1.54) is 0 Å². The van der Waals surface area contributed by atoms with Crippen LogP contribution in [0.1, 0.15) is 37.7 Å². The third-order valence-corrected chi connectivity index (χ3v) is 5.84. The molecular formula is C17H23Cl3N2O. The molecule has 2 aliphatic rings. The van der Waals surface area contributed by atoms with Gasteiger partial charge in [0.05, 0.1) is 10.0 Å². The highest BCUT2D eigenvalue weighted by Gasteiger charge is 2.45. The fourth-order valence-corrected chi connectivity index (χ4v) is 3.72. The minimum Gasteiger partial charge on any atom is -0.355 e. The van der Waals surface area contributed by atoms with Gasteiger partial charge in [-0.05, 0) is 55.3 Å². The van der Waals surface area contributed by atoms with Gasteiger partial charge in [-0.15, -0.1) is 12.4 Å². The van der Waals surface area contributed by atoms with Crippen molar-refractivity contribution in [3.8, 4) is 0 Å². The highest BCUT2D eigenvalue weighted by Crippen LogP contribution is 2.50. The zero-order chi connectivity index (χ0) is 15.7. The lowest BCUT2D eigenvalue weighted by Gasteiger charge is -2.34. The van der Waals surface area contributed by atoms with Crippen LogP contribution in [0.15, 0.2) is 18.2 Å². The van der Waals surface area contributed by atoms with E-state index in [-0.39, 0.29) is 35.6 Å². The highest BCUT2D eigenvalue weighted by molar-refractivity contribution is 6.42. The second-order valence-corrected chi connectivity index (χ2v) is 7.66. The van der Waals surface area contributed by atoms with Crippen molar-refractivity contribution in [2.24, 2.45) is 11.3 Å². The lowest BCUT2D eigenvalue weighted by molar-refractivity contribution is -0.123. The Kier molecular flexibility index (Phi) is 6.23. The van der Waals surface area contributed by atoms with Crippen LogP contribution in [0.5, 0.6) is 0 Å². The van der Waals surface area contributed by atoms with E-state index in [1.807, 2.05) is 12.1 Å². The Balaban J connectivity index is 0.00000192. The van der Waals surface area contributed by atoms with Crippen LogP contribution < -0.4 is 10.6 Å². The summed E-state index contributed by atoms with van der Waals surface area (Å²) in [5.74, 6) is 0.411. The maximum atomic E-state index is 12.4. The van der Waals surface area contributed by atoms with Gasteiger partial charge in [0.25, 0.3) is 0 Å². The first-order valence-electron chi connectivity index (χ1n) is 7.92. The average molecular weight is 378 g/mol. The summed E-state index contributed by atoms with van der Waals surface area (Å²) in [7, 11) is 0. The maximum Gasteiger partial charge on any atom is 0.223 e. The summed E-state index contributed by atoms with van der Waals surface area (Å²) in [5.41, 5.74) is 1.22. The zero-order valence-corrected chi connectivity index (χ0v) is 15.5. The van der Waals surface area contributed by atoms with Crippen LogP contribution in [0.25, 0.3) is 0 Å². The lowest BCUT2D eigenvalue weighted by atomic mass is 9.81. The van der Waals surface area contributed by atoms with Crippen LogP contribution in [0, 0.1) is 11.3 Å². The number of piperidine rings is 1. The summed E-state index contributed by atoms with van der Waals surface area (Å²) in [4.78, 5) is 12.4. The fraction of sp³-hybridized carbons (Fsp3) is 0.588. The number of benzene rings is 1. The molecule has 0 spiro atoms. The number of hydrogen-bond acceptors (Lipinski definition) is 2. The van der Waals surface area contributed by atoms with Gasteiger partial charge in [0.15, 0.2) is 0 Å². The van der Waals surface area contributed by atoms with Gasteiger partial charge in [0.2, 0.25) is 5.91 Å². The molecule has 0 bridgehead atoms. The van der Waals surface area contributed by atoms with E-state index in [0.717, 1.165) is 44.5 Å². The van der Waals surface area contributed by atoms with Crippen molar-refractivity contribution >= 4 is 41.5 Å². The quantitative estimate of drug-likeness (QED) is 0.832. The summed E-state index contributed by atoms with van der Waals surface area (Å²) in [6, 6.07) is 5.65. The first-order valence-corrected chi connectivity index (χ1v) is 8.68. The third-order valence-electron chi connectivity index (χ3n) is 5.01. The van der Waals surface area contributed by atoms with Gasteiger partial charge >= 0.3 is 0 Å². The second kappa shape index (κ2) is 7.60. The molecule has 2 N–H and O–H groups in total. The number of carbonyl (C=O) groups is 1. The normalized spacial score (nSPS) is 25.3. The molecule has 3 rings (SSSR count). The Morgan fingerprint density at radius 3 is 2.74 bits per heavy atom. The molecule has 128 valence electrons. The van der Waals surface area contributed by atoms with E-state index in [1.54, 1.807) is 6.07 Å². The van der Waals surface area contributed by atoms with Crippen LogP contribution in [0.3, 0.4) is 0 Å². The molecule has 1 saturated heterocycles. The van der Waals surface area contributed by atoms with Crippen LogP contribution in [0.4, 0.5) is 0 Å². The van der Waals surface area contributed by atoms with E-state index < -0.39 is 0 Å². The monoisotopic (exact) mass is 376 g/mol. The molecule has 0 radical (unpaired) electrons. The summed E-state index contributed by atoms with van der Waals surface area (Å²) >= 11 is 12.3. The summed E-state index contributed by atoms with van der Waals surface area (Å²) < 4.78 is 0. The molecule has 1 aliphatic heterocycles. The summed E-state index contributed by atoms with van der Waals surface area (Å²) in [6.45, 7) is 5.10. The van der Waals surface area contributed by atoms with Crippen LogP contribution in [-0.4, -0.2) is 25.5 Å². The molecule has 3 nitrogen and oxygen atoms in total. The topological polar surface area (TPSA) is 41.1 Å².